The van der Waals surface area contributed by atoms with E-state index in [2.05, 4.69) is 10.5 Å². The largest absolute Gasteiger partial charge is 0.416 e. The number of rotatable bonds is 4. The molecule has 3 aromatic rings. The molecule has 2 aromatic carbocycles. The molecule has 1 aromatic heterocycles. The van der Waals surface area contributed by atoms with Gasteiger partial charge in [-0.25, -0.2) is 9.82 Å². The average Bonchev–Trinajstić information content (AvgIpc) is 2.95. The third-order valence-electron chi connectivity index (χ3n) is 4.39. The van der Waals surface area contributed by atoms with Gasteiger partial charge in [-0.2, -0.15) is 18.3 Å². The lowest BCUT2D eigenvalue weighted by Crippen LogP contribution is -2.18. The van der Waals surface area contributed by atoms with Crippen LogP contribution in [0.2, 0.25) is 0 Å². The van der Waals surface area contributed by atoms with Gasteiger partial charge in [-0.15, -0.1) is 0 Å². The number of aromatic nitrogens is 1. The number of nitrogens with one attached hydrogen (secondary N) is 1. The molecule has 0 aliphatic rings. The van der Waals surface area contributed by atoms with E-state index in [1.165, 1.54) is 18.3 Å². The van der Waals surface area contributed by atoms with Crippen LogP contribution in [0.25, 0.3) is 5.69 Å². The number of carbonyl (C=O) groups excluding carboxylic acids is 1. The number of nitrogens with zero attached hydrogens (tertiary/aromatic N) is 2. The molecule has 0 saturated heterocycles. The van der Waals surface area contributed by atoms with E-state index >= 15 is 0 Å². The topological polar surface area (TPSA) is 46.4 Å². The van der Waals surface area contributed by atoms with Gasteiger partial charge in [-0.05, 0) is 50.2 Å². The zero-order valence-electron chi connectivity index (χ0n) is 15.6. The smallest absolute Gasteiger partial charge is 0.315 e. The Hall–Kier alpha value is -3.42. The lowest BCUT2D eigenvalue weighted by molar-refractivity contribution is -0.137. The maximum atomic E-state index is 14.1. The summed E-state index contributed by atoms with van der Waals surface area (Å²) < 4.78 is 54.1. The number of amides is 1. The molecule has 0 saturated carbocycles. The van der Waals surface area contributed by atoms with Crippen LogP contribution in [0.4, 0.5) is 17.6 Å². The Labute approximate surface area is 164 Å². The fraction of sp³-hybridized carbons (Fsp3) is 0.143. The van der Waals surface area contributed by atoms with Crippen molar-refractivity contribution in [3.63, 3.8) is 0 Å². The van der Waals surface area contributed by atoms with Crippen molar-refractivity contribution in [2.75, 3.05) is 0 Å². The molecule has 29 heavy (non-hydrogen) atoms. The summed E-state index contributed by atoms with van der Waals surface area (Å²) in [5, 5.41) is 3.83. The minimum absolute atomic E-state index is 0.159. The third kappa shape index (κ3) is 4.37. The van der Waals surface area contributed by atoms with E-state index in [-0.39, 0.29) is 11.4 Å². The number of alkyl halides is 3. The number of hydrogen-bond donors (Lipinski definition) is 1. The van der Waals surface area contributed by atoms with E-state index in [9.17, 15) is 22.4 Å². The molecular formula is C21H17F4N3O. The highest BCUT2D eigenvalue weighted by Gasteiger charge is 2.30. The number of benzene rings is 2. The molecule has 1 heterocycles. The Morgan fingerprint density at radius 3 is 2.48 bits per heavy atom. The molecule has 1 amide bonds. The summed E-state index contributed by atoms with van der Waals surface area (Å²) in [6, 6.07) is 12.2. The lowest BCUT2D eigenvalue weighted by Gasteiger charge is -2.10. The molecule has 0 aliphatic heterocycles. The van der Waals surface area contributed by atoms with E-state index in [0.29, 0.717) is 16.9 Å². The third-order valence-corrected chi connectivity index (χ3v) is 4.39. The van der Waals surface area contributed by atoms with Crippen molar-refractivity contribution < 1.29 is 22.4 Å². The maximum absolute atomic E-state index is 14.1. The SMILES string of the molecule is Cc1cc(/C=N\NC(=O)c2cccc(C(F)(F)F)c2)c(C)n1-c1ccccc1F. The van der Waals surface area contributed by atoms with Crippen LogP contribution in [0.3, 0.4) is 0 Å². The van der Waals surface area contributed by atoms with Crippen LogP contribution in [0.1, 0.15) is 32.9 Å². The summed E-state index contributed by atoms with van der Waals surface area (Å²) in [5.41, 5.74) is 3.62. The highest BCUT2D eigenvalue weighted by Crippen LogP contribution is 2.29. The normalized spacial score (nSPS) is 11.8. The van der Waals surface area contributed by atoms with Crippen molar-refractivity contribution in [2.45, 2.75) is 20.0 Å². The molecule has 0 atom stereocenters. The summed E-state index contributed by atoms with van der Waals surface area (Å²) in [6.45, 7) is 3.58. The zero-order chi connectivity index (χ0) is 21.2. The first-order chi connectivity index (χ1) is 13.7. The number of carbonyl (C=O) groups is 1. The summed E-state index contributed by atoms with van der Waals surface area (Å²) in [5.74, 6) is -1.15. The molecule has 0 unspecified atom stereocenters. The highest BCUT2D eigenvalue weighted by atomic mass is 19.4. The molecule has 3 rings (SSSR count). The molecule has 1 N–H and O–H groups in total. The molecule has 8 heteroatoms. The quantitative estimate of drug-likeness (QED) is 0.371. The molecule has 4 nitrogen and oxygen atoms in total. The molecule has 0 bridgehead atoms. The Kier molecular flexibility index (Phi) is 5.54. The van der Waals surface area contributed by atoms with Crippen LogP contribution in [0, 0.1) is 19.7 Å². The number of para-hydroxylation sites is 1. The predicted molar refractivity (Wildman–Crippen MR) is 102 cm³/mol. The summed E-state index contributed by atoms with van der Waals surface area (Å²) in [6.07, 6.45) is -3.17. The van der Waals surface area contributed by atoms with E-state index in [0.717, 1.165) is 23.9 Å². The van der Waals surface area contributed by atoms with Crippen molar-refractivity contribution in [3.05, 3.63) is 88.5 Å². The first-order valence-corrected chi connectivity index (χ1v) is 8.63. The molecule has 0 radical (unpaired) electrons. The summed E-state index contributed by atoms with van der Waals surface area (Å²) in [7, 11) is 0. The van der Waals surface area contributed by atoms with Gasteiger partial charge in [0.1, 0.15) is 5.82 Å². The van der Waals surface area contributed by atoms with Gasteiger partial charge in [-0.3, -0.25) is 4.79 Å². The minimum atomic E-state index is -4.54. The van der Waals surface area contributed by atoms with E-state index in [1.54, 1.807) is 42.7 Å². The number of aryl methyl sites for hydroxylation is 1. The first kappa shape index (κ1) is 20.3. The van der Waals surface area contributed by atoms with Crippen molar-refractivity contribution in [1.29, 1.82) is 0 Å². The van der Waals surface area contributed by atoms with Gasteiger partial charge in [0, 0.05) is 22.5 Å². The second-order valence-electron chi connectivity index (χ2n) is 6.39. The molecule has 0 fully saturated rings. The summed E-state index contributed by atoms with van der Waals surface area (Å²) in [4.78, 5) is 12.1. The van der Waals surface area contributed by atoms with E-state index in [4.69, 9.17) is 0 Å². The van der Waals surface area contributed by atoms with Gasteiger partial charge in [0.15, 0.2) is 0 Å². The zero-order valence-corrected chi connectivity index (χ0v) is 15.6. The second-order valence-corrected chi connectivity index (χ2v) is 6.39. The fourth-order valence-corrected chi connectivity index (χ4v) is 2.98. The Bertz CT molecular complexity index is 1080. The Morgan fingerprint density at radius 1 is 1.07 bits per heavy atom. The first-order valence-electron chi connectivity index (χ1n) is 8.63. The van der Waals surface area contributed by atoms with Crippen molar-refractivity contribution in [1.82, 2.24) is 9.99 Å². The fourth-order valence-electron chi connectivity index (χ4n) is 2.98. The molecule has 0 spiro atoms. The van der Waals surface area contributed by atoms with Crippen LogP contribution in [0.5, 0.6) is 0 Å². The number of hydrogen-bond acceptors (Lipinski definition) is 2. The van der Waals surface area contributed by atoms with Gasteiger partial charge < -0.3 is 4.57 Å². The minimum Gasteiger partial charge on any atom is -0.315 e. The van der Waals surface area contributed by atoms with Crippen molar-refractivity contribution in [2.24, 2.45) is 5.10 Å². The summed E-state index contributed by atoms with van der Waals surface area (Å²) >= 11 is 0. The highest BCUT2D eigenvalue weighted by molar-refractivity contribution is 5.95. The average molecular weight is 403 g/mol. The van der Waals surface area contributed by atoms with Crippen molar-refractivity contribution in [3.8, 4) is 5.69 Å². The Morgan fingerprint density at radius 2 is 1.79 bits per heavy atom. The molecular weight excluding hydrogens is 386 g/mol. The van der Waals surface area contributed by atoms with Crippen LogP contribution in [-0.4, -0.2) is 16.7 Å². The van der Waals surface area contributed by atoms with Gasteiger partial charge in [0.05, 0.1) is 17.5 Å². The monoisotopic (exact) mass is 403 g/mol. The lowest BCUT2D eigenvalue weighted by atomic mass is 10.1. The van der Waals surface area contributed by atoms with Gasteiger partial charge >= 0.3 is 6.18 Å². The number of halogens is 4. The van der Waals surface area contributed by atoms with Gasteiger partial charge in [0.25, 0.3) is 5.91 Å². The standard InChI is InChI=1S/C21H17F4N3O/c1-13-10-16(14(2)28(13)19-9-4-3-8-18(19)22)12-26-27-20(29)15-6-5-7-17(11-15)21(23,24)25/h3-12H,1-2H3,(H,27,29)/b26-12-. The van der Waals surface area contributed by atoms with Crippen LogP contribution in [-0.2, 0) is 6.18 Å². The van der Waals surface area contributed by atoms with E-state index < -0.39 is 17.6 Å². The predicted octanol–water partition coefficient (Wildman–Crippen LogP) is 5.02. The number of hydrazone groups is 1. The van der Waals surface area contributed by atoms with Crippen LogP contribution in [0.15, 0.2) is 59.7 Å². The van der Waals surface area contributed by atoms with E-state index in [1.807, 2.05) is 0 Å². The molecule has 0 aliphatic carbocycles. The maximum Gasteiger partial charge on any atom is 0.416 e. The Balaban J connectivity index is 1.79. The van der Waals surface area contributed by atoms with Crippen LogP contribution < -0.4 is 5.43 Å². The second kappa shape index (κ2) is 7.90. The molecule has 150 valence electrons. The van der Waals surface area contributed by atoms with Gasteiger partial charge in [0.2, 0.25) is 0 Å². The van der Waals surface area contributed by atoms with Crippen molar-refractivity contribution >= 4 is 12.1 Å². The van der Waals surface area contributed by atoms with Crippen LogP contribution >= 0.6 is 0 Å². The van der Waals surface area contributed by atoms with Gasteiger partial charge in [-0.1, -0.05) is 18.2 Å².